The second-order valence-electron chi connectivity index (χ2n) is 2.46. The molecule has 0 unspecified atom stereocenters. The first-order chi connectivity index (χ1) is 6.16. The van der Waals surface area contributed by atoms with E-state index in [0.29, 0.717) is 6.61 Å². The quantitative estimate of drug-likeness (QED) is 0.645. The Balaban J connectivity index is 3.10. The van der Waals surface area contributed by atoms with E-state index < -0.39 is 12.9 Å². The molecule has 0 aromatic heterocycles. The minimum Gasteiger partial charge on any atom is -0.494 e. The molecule has 0 atom stereocenters. The summed E-state index contributed by atoms with van der Waals surface area (Å²) in [7, 11) is -1.84. The molecular formula is C8H10BFO3. The van der Waals surface area contributed by atoms with E-state index in [1.165, 1.54) is 12.1 Å². The Hall–Kier alpha value is -1.07. The van der Waals surface area contributed by atoms with Gasteiger partial charge in [-0.3, -0.25) is 0 Å². The smallest absolute Gasteiger partial charge is 0.494 e. The van der Waals surface area contributed by atoms with Crippen molar-refractivity contribution in [1.29, 1.82) is 0 Å². The van der Waals surface area contributed by atoms with Crippen LogP contribution in [0.5, 0.6) is 5.75 Å². The number of hydrogen-bond donors (Lipinski definition) is 2. The van der Waals surface area contributed by atoms with Crippen LogP contribution in [0.3, 0.4) is 0 Å². The molecule has 1 aromatic carbocycles. The van der Waals surface area contributed by atoms with E-state index >= 15 is 0 Å². The lowest BCUT2D eigenvalue weighted by Crippen LogP contribution is -2.34. The molecule has 13 heavy (non-hydrogen) atoms. The monoisotopic (exact) mass is 184 g/mol. The highest BCUT2D eigenvalue weighted by atomic mass is 19.1. The van der Waals surface area contributed by atoms with Crippen molar-refractivity contribution in [3.8, 4) is 5.75 Å². The maximum atomic E-state index is 13.0. The highest BCUT2D eigenvalue weighted by Crippen LogP contribution is 2.09. The van der Waals surface area contributed by atoms with Gasteiger partial charge in [-0.1, -0.05) is 6.07 Å². The molecule has 0 saturated carbocycles. The summed E-state index contributed by atoms with van der Waals surface area (Å²) in [6.45, 7) is 2.08. The Morgan fingerprint density at radius 2 is 2.15 bits per heavy atom. The van der Waals surface area contributed by atoms with Gasteiger partial charge in [0.25, 0.3) is 0 Å². The van der Waals surface area contributed by atoms with Crippen molar-refractivity contribution in [1.82, 2.24) is 0 Å². The minimum absolute atomic E-state index is 0.164. The van der Waals surface area contributed by atoms with Gasteiger partial charge in [-0.2, -0.15) is 0 Å². The molecule has 0 heterocycles. The molecule has 3 nitrogen and oxygen atoms in total. The fourth-order valence-corrected chi connectivity index (χ4v) is 1.05. The van der Waals surface area contributed by atoms with Gasteiger partial charge in [0.15, 0.2) is 0 Å². The van der Waals surface area contributed by atoms with Crippen LogP contribution in [0.25, 0.3) is 0 Å². The van der Waals surface area contributed by atoms with Crippen LogP contribution in [-0.2, 0) is 0 Å². The van der Waals surface area contributed by atoms with Gasteiger partial charge in [0.1, 0.15) is 11.6 Å². The number of rotatable bonds is 3. The number of benzene rings is 1. The average molecular weight is 184 g/mol. The van der Waals surface area contributed by atoms with E-state index in [4.69, 9.17) is 14.8 Å². The van der Waals surface area contributed by atoms with Crippen LogP contribution >= 0.6 is 0 Å². The summed E-state index contributed by atoms with van der Waals surface area (Å²) in [5.41, 5.74) is -0.218. The Kier molecular flexibility index (Phi) is 3.28. The Morgan fingerprint density at radius 3 is 2.69 bits per heavy atom. The zero-order valence-electron chi connectivity index (χ0n) is 7.20. The molecule has 2 N–H and O–H groups in total. The molecule has 0 spiro atoms. The van der Waals surface area contributed by atoms with Gasteiger partial charge < -0.3 is 14.8 Å². The molecule has 0 aliphatic rings. The summed E-state index contributed by atoms with van der Waals surface area (Å²) >= 11 is 0. The van der Waals surface area contributed by atoms with Crippen LogP contribution in [0.1, 0.15) is 6.92 Å². The topological polar surface area (TPSA) is 49.7 Å². The van der Waals surface area contributed by atoms with Gasteiger partial charge in [-0.25, -0.2) is 4.39 Å². The fraction of sp³-hybridized carbons (Fsp3) is 0.250. The zero-order valence-corrected chi connectivity index (χ0v) is 7.20. The summed E-state index contributed by atoms with van der Waals surface area (Å²) in [5, 5.41) is 17.7. The van der Waals surface area contributed by atoms with Gasteiger partial charge in [0.05, 0.1) is 12.1 Å². The molecule has 1 aromatic rings. The molecule has 0 bridgehead atoms. The molecule has 70 valence electrons. The summed E-state index contributed by atoms with van der Waals surface area (Å²) in [6, 6.07) is 4.09. The maximum Gasteiger partial charge on any atom is 0.495 e. The third kappa shape index (κ3) is 2.20. The summed E-state index contributed by atoms with van der Waals surface area (Å²) < 4.78 is 18.0. The van der Waals surface area contributed by atoms with Crippen molar-refractivity contribution in [3.05, 3.63) is 24.0 Å². The SMILES string of the molecule is CCOc1cccc(F)c1B(O)O. The van der Waals surface area contributed by atoms with Crippen LogP contribution in [0.4, 0.5) is 4.39 Å². The molecule has 1 rings (SSSR count). The van der Waals surface area contributed by atoms with Crippen LogP contribution in [-0.4, -0.2) is 23.8 Å². The number of hydrogen-bond acceptors (Lipinski definition) is 3. The van der Waals surface area contributed by atoms with Crippen molar-refractivity contribution in [2.24, 2.45) is 0 Å². The first-order valence-corrected chi connectivity index (χ1v) is 3.94. The van der Waals surface area contributed by atoms with Gasteiger partial charge in [0, 0.05) is 0 Å². The maximum absolute atomic E-state index is 13.0. The first-order valence-electron chi connectivity index (χ1n) is 3.94. The van der Waals surface area contributed by atoms with E-state index in [1.807, 2.05) is 0 Å². The average Bonchev–Trinajstić information content (AvgIpc) is 2.04. The van der Waals surface area contributed by atoms with Gasteiger partial charge >= 0.3 is 7.12 Å². The van der Waals surface area contributed by atoms with Crippen molar-refractivity contribution < 1.29 is 19.2 Å². The predicted octanol–water partition coefficient (Wildman–Crippen LogP) is -0.0958. The predicted molar refractivity (Wildman–Crippen MR) is 47.4 cm³/mol. The minimum atomic E-state index is -1.84. The van der Waals surface area contributed by atoms with Crippen molar-refractivity contribution in [3.63, 3.8) is 0 Å². The normalized spacial score (nSPS) is 9.85. The van der Waals surface area contributed by atoms with E-state index in [9.17, 15) is 4.39 Å². The number of halogens is 1. The molecule has 0 aliphatic carbocycles. The highest BCUT2D eigenvalue weighted by Gasteiger charge is 2.21. The second-order valence-corrected chi connectivity index (χ2v) is 2.46. The van der Waals surface area contributed by atoms with Gasteiger partial charge in [0.2, 0.25) is 0 Å². The third-order valence-corrected chi connectivity index (χ3v) is 1.57. The van der Waals surface area contributed by atoms with E-state index in [1.54, 1.807) is 6.92 Å². The first kappa shape index (κ1) is 10.0. The Bertz CT molecular complexity index is 291. The Labute approximate surface area is 75.9 Å². The molecule has 0 aliphatic heterocycles. The lowest BCUT2D eigenvalue weighted by Gasteiger charge is -2.09. The lowest BCUT2D eigenvalue weighted by molar-refractivity contribution is 0.338. The van der Waals surface area contributed by atoms with E-state index in [2.05, 4.69) is 0 Å². The molecule has 0 fully saturated rings. The molecule has 5 heteroatoms. The number of ether oxygens (including phenoxy) is 1. The van der Waals surface area contributed by atoms with Gasteiger partial charge in [-0.15, -0.1) is 0 Å². The van der Waals surface area contributed by atoms with E-state index in [-0.39, 0.29) is 11.2 Å². The van der Waals surface area contributed by atoms with Crippen molar-refractivity contribution in [2.45, 2.75) is 6.92 Å². The molecular weight excluding hydrogens is 174 g/mol. The van der Waals surface area contributed by atoms with Crippen LogP contribution in [0.2, 0.25) is 0 Å². The standard InChI is InChI=1S/C8H10BFO3/c1-2-13-7-5-3-4-6(10)8(7)9(11)12/h3-5,11-12H,2H2,1H3. The second kappa shape index (κ2) is 4.25. The largest absolute Gasteiger partial charge is 0.495 e. The lowest BCUT2D eigenvalue weighted by atomic mass is 9.79. The molecule has 0 amide bonds. The third-order valence-electron chi connectivity index (χ3n) is 1.57. The highest BCUT2D eigenvalue weighted by molar-refractivity contribution is 6.59. The van der Waals surface area contributed by atoms with Crippen LogP contribution in [0, 0.1) is 5.82 Å². The molecule has 0 saturated heterocycles. The summed E-state index contributed by atoms with van der Waals surface area (Å²) in [4.78, 5) is 0. The zero-order chi connectivity index (χ0) is 9.84. The summed E-state index contributed by atoms with van der Waals surface area (Å²) in [6.07, 6.45) is 0. The molecule has 0 radical (unpaired) electrons. The van der Waals surface area contributed by atoms with Crippen molar-refractivity contribution in [2.75, 3.05) is 6.61 Å². The van der Waals surface area contributed by atoms with Crippen LogP contribution < -0.4 is 10.2 Å². The van der Waals surface area contributed by atoms with Gasteiger partial charge in [-0.05, 0) is 19.1 Å². The Morgan fingerprint density at radius 1 is 1.46 bits per heavy atom. The fourth-order valence-electron chi connectivity index (χ4n) is 1.05. The van der Waals surface area contributed by atoms with Crippen LogP contribution in [0.15, 0.2) is 18.2 Å². The summed E-state index contributed by atoms with van der Waals surface area (Å²) in [5.74, 6) is -0.515. The van der Waals surface area contributed by atoms with E-state index in [0.717, 1.165) is 6.07 Å². The van der Waals surface area contributed by atoms with Crippen molar-refractivity contribution >= 4 is 12.6 Å².